The number of carbonyl (C=O) groups excluding carboxylic acids is 1. The molecule has 4 nitrogen and oxygen atoms in total. The first kappa shape index (κ1) is 17.1. The molecule has 6 heteroatoms. The van der Waals surface area contributed by atoms with E-state index < -0.39 is 5.82 Å². The Morgan fingerprint density at radius 1 is 1.24 bits per heavy atom. The molecule has 1 amide bonds. The Kier molecular flexibility index (Phi) is 5.09. The molecule has 0 radical (unpaired) electrons. The fourth-order valence-electron chi connectivity index (χ4n) is 2.29. The Morgan fingerprint density at radius 2 is 2.08 bits per heavy atom. The Labute approximate surface area is 149 Å². The van der Waals surface area contributed by atoms with Gasteiger partial charge in [-0.1, -0.05) is 12.1 Å². The van der Waals surface area contributed by atoms with Crippen molar-refractivity contribution in [2.45, 2.75) is 20.5 Å². The number of thiazole rings is 1. The van der Waals surface area contributed by atoms with Crippen molar-refractivity contribution in [3.05, 3.63) is 75.5 Å². The maximum Gasteiger partial charge on any atom is 0.255 e. The van der Waals surface area contributed by atoms with Crippen LogP contribution in [-0.4, -0.2) is 10.9 Å². The molecule has 0 aliphatic heterocycles. The van der Waals surface area contributed by atoms with E-state index in [9.17, 15) is 9.18 Å². The molecular formula is C19H17FN2O2S. The monoisotopic (exact) mass is 356 g/mol. The third-order valence-corrected chi connectivity index (χ3v) is 4.34. The second-order valence-electron chi connectivity index (χ2n) is 5.61. The standard InChI is InChI=1S/C19H17FN2O2S/c1-12-6-7-17(20)18(8-12)22-19(23)14-4-3-5-16(9-14)24-10-15-11-25-13(2)21-15/h3-9,11H,10H2,1-2H3,(H,22,23). The number of hydrogen-bond acceptors (Lipinski definition) is 4. The molecule has 1 N–H and O–H groups in total. The summed E-state index contributed by atoms with van der Waals surface area (Å²) < 4.78 is 19.5. The highest BCUT2D eigenvalue weighted by atomic mass is 32.1. The maximum atomic E-state index is 13.8. The molecule has 0 fully saturated rings. The first-order chi connectivity index (χ1) is 12.0. The van der Waals surface area contributed by atoms with E-state index >= 15 is 0 Å². The fourth-order valence-corrected chi connectivity index (χ4v) is 2.89. The largest absolute Gasteiger partial charge is 0.487 e. The van der Waals surface area contributed by atoms with E-state index in [-0.39, 0.29) is 11.6 Å². The topological polar surface area (TPSA) is 51.2 Å². The predicted molar refractivity (Wildman–Crippen MR) is 96.7 cm³/mol. The van der Waals surface area contributed by atoms with Gasteiger partial charge in [0.15, 0.2) is 0 Å². The molecule has 3 rings (SSSR count). The minimum absolute atomic E-state index is 0.161. The summed E-state index contributed by atoms with van der Waals surface area (Å²) in [6.07, 6.45) is 0. The van der Waals surface area contributed by atoms with Crippen molar-refractivity contribution >= 4 is 22.9 Å². The fraction of sp³-hybridized carbons (Fsp3) is 0.158. The average molecular weight is 356 g/mol. The first-order valence-electron chi connectivity index (χ1n) is 7.72. The smallest absolute Gasteiger partial charge is 0.255 e. The lowest BCUT2D eigenvalue weighted by atomic mass is 10.1. The minimum atomic E-state index is -0.467. The molecular weight excluding hydrogens is 339 g/mol. The molecule has 0 spiro atoms. The molecule has 1 heterocycles. The summed E-state index contributed by atoms with van der Waals surface area (Å²) >= 11 is 1.56. The van der Waals surface area contributed by atoms with E-state index in [0.717, 1.165) is 16.3 Å². The Balaban J connectivity index is 1.69. The van der Waals surface area contributed by atoms with Gasteiger partial charge in [0.25, 0.3) is 5.91 Å². The van der Waals surface area contributed by atoms with Gasteiger partial charge in [-0.2, -0.15) is 0 Å². The van der Waals surface area contributed by atoms with Gasteiger partial charge < -0.3 is 10.1 Å². The number of carbonyl (C=O) groups is 1. The molecule has 1 aromatic heterocycles. The molecule has 0 aliphatic rings. The van der Waals surface area contributed by atoms with Gasteiger partial charge >= 0.3 is 0 Å². The summed E-state index contributed by atoms with van der Waals surface area (Å²) in [4.78, 5) is 16.7. The highest BCUT2D eigenvalue weighted by Crippen LogP contribution is 2.19. The second kappa shape index (κ2) is 7.44. The van der Waals surface area contributed by atoms with E-state index in [0.29, 0.717) is 17.9 Å². The Morgan fingerprint density at radius 3 is 2.84 bits per heavy atom. The van der Waals surface area contributed by atoms with Gasteiger partial charge in [0.05, 0.1) is 16.4 Å². The number of halogens is 1. The molecule has 3 aromatic rings. The van der Waals surface area contributed by atoms with Gasteiger partial charge in [-0.15, -0.1) is 11.3 Å². The van der Waals surface area contributed by atoms with Crippen molar-refractivity contribution < 1.29 is 13.9 Å². The van der Waals surface area contributed by atoms with E-state index in [1.807, 2.05) is 19.2 Å². The number of nitrogens with one attached hydrogen (secondary N) is 1. The molecule has 0 atom stereocenters. The van der Waals surface area contributed by atoms with E-state index in [2.05, 4.69) is 10.3 Å². The van der Waals surface area contributed by atoms with Gasteiger partial charge in [-0.25, -0.2) is 9.37 Å². The Bertz CT molecular complexity index is 908. The zero-order chi connectivity index (χ0) is 17.8. The minimum Gasteiger partial charge on any atom is -0.487 e. The van der Waals surface area contributed by atoms with Gasteiger partial charge in [0.1, 0.15) is 18.2 Å². The van der Waals surface area contributed by atoms with Crippen LogP contribution >= 0.6 is 11.3 Å². The summed E-state index contributed by atoms with van der Waals surface area (Å²) in [5, 5.41) is 5.51. The van der Waals surface area contributed by atoms with E-state index in [1.54, 1.807) is 47.7 Å². The molecule has 2 aromatic carbocycles. The first-order valence-corrected chi connectivity index (χ1v) is 8.60. The summed E-state index contributed by atoms with van der Waals surface area (Å²) in [6, 6.07) is 11.4. The Hall–Kier alpha value is -2.73. The van der Waals surface area contributed by atoms with Crippen LogP contribution in [0.15, 0.2) is 47.8 Å². The second-order valence-corrected chi connectivity index (χ2v) is 6.67. The van der Waals surface area contributed by atoms with Crippen LogP contribution in [0.1, 0.15) is 26.6 Å². The van der Waals surface area contributed by atoms with Crippen LogP contribution in [0.2, 0.25) is 0 Å². The van der Waals surface area contributed by atoms with Gasteiger partial charge in [-0.3, -0.25) is 4.79 Å². The lowest BCUT2D eigenvalue weighted by Crippen LogP contribution is -2.13. The van der Waals surface area contributed by atoms with Gasteiger partial charge in [0.2, 0.25) is 0 Å². The molecule has 0 saturated carbocycles. The number of anilines is 1. The van der Waals surface area contributed by atoms with E-state index in [1.165, 1.54) is 6.07 Å². The predicted octanol–water partition coefficient (Wildman–Crippen LogP) is 4.73. The van der Waals surface area contributed by atoms with Crippen LogP contribution in [0.25, 0.3) is 0 Å². The molecule has 0 saturated heterocycles. The molecule has 128 valence electrons. The quantitative estimate of drug-likeness (QED) is 0.719. The number of benzene rings is 2. The van der Waals surface area contributed by atoms with Gasteiger partial charge in [0, 0.05) is 10.9 Å². The SMILES string of the molecule is Cc1ccc(F)c(NC(=O)c2cccc(OCc3csc(C)n3)c2)c1. The third-order valence-electron chi connectivity index (χ3n) is 3.52. The number of nitrogens with zero attached hydrogens (tertiary/aromatic N) is 1. The highest BCUT2D eigenvalue weighted by Gasteiger charge is 2.11. The molecule has 0 bridgehead atoms. The molecule has 0 unspecified atom stereocenters. The molecule has 0 aliphatic carbocycles. The number of ether oxygens (including phenoxy) is 1. The lowest BCUT2D eigenvalue weighted by molar-refractivity contribution is 0.102. The normalized spacial score (nSPS) is 10.5. The number of rotatable bonds is 5. The van der Waals surface area contributed by atoms with Crippen LogP contribution < -0.4 is 10.1 Å². The van der Waals surface area contributed by atoms with Crippen LogP contribution in [0.3, 0.4) is 0 Å². The summed E-state index contributed by atoms with van der Waals surface area (Å²) in [7, 11) is 0. The number of hydrogen-bond donors (Lipinski definition) is 1. The van der Waals surface area contributed by atoms with Crippen molar-refractivity contribution in [2.24, 2.45) is 0 Å². The summed E-state index contributed by atoms with van der Waals surface area (Å²) in [5.74, 6) is -0.298. The van der Waals surface area contributed by atoms with Crippen LogP contribution in [0.4, 0.5) is 10.1 Å². The van der Waals surface area contributed by atoms with E-state index in [4.69, 9.17) is 4.74 Å². The van der Waals surface area contributed by atoms with Crippen molar-refractivity contribution in [1.82, 2.24) is 4.98 Å². The van der Waals surface area contributed by atoms with Crippen molar-refractivity contribution in [1.29, 1.82) is 0 Å². The number of aryl methyl sites for hydroxylation is 2. The summed E-state index contributed by atoms with van der Waals surface area (Å²) in [5.41, 5.74) is 2.27. The van der Waals surface area contributed by atoms with Crippen LogP contribution in [0, 0.1) is 19.7 Å². The van der Waals surface area contributed by atoms with Crippen molar-refractivity contribution in [3.8, 4) is 5.75 Å². The zero-order valence-electron chi connectivity index (χ0n) is 13.9. The average Bonchev–Trinajstić information content (AvgIpc) is 3.02. The number of amides is 1. The number of aromatic nitrogens is 1. The van der Waals surface area contributed by atoms with Crippen molar-refractivity contribution in [2.75, 3.05) is 5.32 Å². The van der Waals surface area contributed by atoms with Crippen molar-refractivity contribution in [3.63, 3.8) is 0 Å². The third kappa shape index (κ3) is 4.42. The van der Waals surface area contributed by atoms with Crippen LogP contribution in [0.5, 0.6) is 5.75 Å². The lowest BCUT2D eigenvalue weighted by Gasteiger charge is -2.09. The maximum absolute atomic E-state index is 13.8. The highest BCUT2D eigenvalue weighted by molar-refractivity contribution is 7.09. The molecule has 25 heavy (non-hydrogen) atoms. The van der Waals surface area contributed by atoms with Crippen LogP contribution in [-0.2, 0) is 6.61 Å². The summed E-state index contributed by atoms with van der Waals surface area (Å²) in [6.45, 7) is 4.11. The zero-order valence-corrected chi connectivity index (χ0v) is 14.7. The van der Waals surface area contributed by atoms with Gasteiger partial charge in [-0.05, 0) is 49.7 Å².